The summed E-state index contributed by atoms with van der Waals surface area (Å²) >= 11 is 0. The highest BCUT2D eigenvalue weighted by Crippen LogP contribution is 2.25. The Morgan fingerprint density at radius 2 is 2.10 bits per heavy atom. The molecule has 0 aliphatic rings. The van der Waals surface area contributed by atoms with Crippen LogP contribution < -0.4 is 5.32 Å². The summed E-state index contributed by atoms with van der Waals surface area (Å²) in [6, 6.07) is 9.29. The number of phenols is 1. The molecule has 0 aliphatic carbocycles. The third kappa shape index (κ3) is 2.76. The summed E-state index contributed by atoms with van der Waals surface area (Å²) in [4.78, 5) is 0. The van der Waals surface area contributed by atoms with E-state index in [1.807, 2.05) is 38.1 Å². The number of hydrogen-bond donors (Lipinski definition) is 3. The molecule has 3 rings (SSSR count). The molecule has 0 saturated heterocycles. The lowest BCUT2D eigenvalue weighted by atomic mass is 10.2. The van der Waals surface area contributed by atoms with E-state index in [1.54, 1.807) is 12.3 Å². The molecule has 0 spiro atoms. The van der Waals surface area contributed by atoms with Crippen molar-refractivity contribution in [3.05, 3.63) is 53.4 Å². The van der Waals surface area contributed by atoms with Crippen LogP contribution in [0.15, 0.2) is 40.9 Å². The van der Waals surface area contributed by atoms with Gasteiger partial charge in [0.25, 0.3) is 0 Å². The number of rotatable bonds is 4. The molecule has 2 aromatic heterocycles. The monoisotopic (exact) mass is 283 g/mol. The topological polar surface area (TPSA) is 74.1 Å². The smallest absolute Gasteiger partial charge is 0.152 e. The minimum atomic E-state index is 0.301. The van der Waals surface area contributed by atoms with Crippen molar-refractivity contribution in [3.63, 3.8) is 0 Å². The van der Waals surface area contributed by atoms with E-state index in [2.05, 4.69) is 15.5 Å². The lowest BCUT2D eigenvalue weighted by Crippen LogP contribution is -2.00. The summed E-state index contributed by atoms with van der Waals surface area (Å²) in [7, 11) is 0. The lowest BCUT2D eigenvalue weighted by molar-refractivity contribution is 0.471. The zero-order chi connectivity index (χ0) is 14.8. The van der Waals surface area contributed by atoms with E-state index in [1.165, 1.54) is 0 Å². The number of phenolic OH excluding ortho intramolecular Hbond substituents is 1. The predicted molar refractivity (Wildman–Crippen MR) is 81.2 cm³/mol. The van der Waals surface area contributed by atoms with E-state index in [9.17, 15) is 5.11 Å². The Hall–Kier alpha value is -2.69. The average molecular weight is 283 g/mol. The highest BCUT2D eigenvalue weighted by atomic mass is 16.3. The number of aromatic amines is 1. The summed E-state index contributed by atoms with van der Waals surface area (Å²) in [5, 5.41) is 19.9. The van der Waals surface area contributed by atoms with Crippen LogP contribution in [0.2, 0.25) is 0 Å². The first kappa shape index (κ1) is 13.3. The fourth-order valence-electron chi connectivity index (χ4n) is 2.19. The molecule has 0 fully saturated rings. The van der Waals surface area contributed by atoms with Crippen LogP contribution in [-0.2, 0) is 6.54 Å². The number of nitrogens with zero attached hydrogens (tertiary/aromatic N) is 1. The van der Waals surface area contributed by atoms with Gasteiger partial charge in [0.2, 0.25) is 0 Å². The molecule has 1 aromatic carbocycles. The molecular weight excluding hydrogens is 266 g/mol. The fraction of sp³-hybridized carbons (Fsp3) is 0.188. The molecule has 5 heteroatoms. The maximum atomic E-state index is 9.54. The van der Waals surface area contributed by atoms with E-state index in [4.69, 9.17) is 4.42 Å². The molecule has 0 bridgehead atoms. The van der Waals surface area contributed by atoms with Gasteiger partial charge in [0.15, 0.2) is 5.76 Å². The summed E-state index contributed by atoms with van der Waals surface area (Å²) in [6.45, 7) is 4.40. The minimum absolute atomic E-state index is 0.301. The summed E-state index contributed by atoms with van der Waals surface area (Å²) < 4.78 is 5.62. The van der Waals surface area contributed by atoms with Gasteiger partial charge < -0.3 is 14.8 Å². The van der Waals surface area contributed by atoms with Gasteiger partial charge in [-0.15, -0.1) is 0 Å². The molecule has 0 radical (unpaired) electrons. The third-order valence-electron chi connectivity index (χ3n) is 3.38. The Kier molecular flexibility index (Phi) is 3.39. The van der Waals surface area contributed by atoms with Crippen molar-refractivity contribution in [1.29, 1.82) is 0 Å². The van der Waals surface area contributed by atoms with E-state index < -0.39 is 0 Å². The number of aryl methyl sites for hydroxylation is 2. The van der Waals surface area contributed by atoms with Crippen LogP contribution in [0.5, 0.6) is 5.75 Å². The molecule has 0 unspecified atom stereocenters. The van der Waals surface area contributed by atoms with Gasteiger partial charge in [-0.3, -0.25) is 5.10 Å². The first-order chi connectivity index (χ1) is 10.1. The fourth-order valence-corrected chi connectivity index (χ4v) is 2.19. The van der Waals surface area contributed by atoms with Crippen molar-refractivity contribution >= 4 is 5.69 Å². The highest BCUT2D eigenvalue weighted by Gasteiger charge is 2.11. The Morgan fingerprint density at radius 3 is 2.81 bits per heavy atom. The van der Waals surface area contributed by atoms with Crippen molar-refractivity contribution in [3.8, 4) is 17.2 Å². The first-order valence-corrected chi connectivity index (χ1v) is 6.76. The Balaban J connectivity index is 1.77. The number of aromatic hydroxyl groups is 1. The highest BCUT2D eigenvalue weighted by molar-refractivity contribution is 5.58. The number of furan rings is 1. The van der Waals surface area contributed by atoms with Gasteiger partial charge in [-0.1, -0.05) is 0 Å². The maximum Gasteiger partial charge on any atom is 0.152 e. The van der Waals surface area contributed by atoms with Crippen molar-refractivity contribution in [2.75, 3.05) is 5.32 Å². The number of aromatic nitrogens is 2. The molecule has 108 valence electrons. The van der Waals surface area contributed by atoms with E-state index in [0.29, 0.717) is 12.3 Å². The predicted octanol–water partition coefficient (Wildman–Crippen LogP) is 3.60. The van der Waals surface area contributed by atoms with Gasteiger partial charge in [0.05, 0.1) is 6.20 Å². The molecule has 0 saturated carbocycles. The van der Waals surface area contributed by atoms with Crippen molar-refractivity contribution in [1.82, 2.24) is 10.2 Å². The summed E-state index contributed by atoms with van der Waals surface area (Å²) in [5.74, 6) is 1.95. The second kappa shape index (κ2) is 5.36. The average Bonchev–Trinajstić information content (AvgIpc) is 3.08. The van der Waals surface area contributed by atoms with Gasteiger partial charge in [-0.25, -0.2) is 0 Å². The van der Waals surface area contributed by atoms with Gasteiger partial charge >= 0.3 is 0 Å². The molecule has 0 aliphatic heterocycles. The molecule has 5 nitrogen and oxygen atoms in total. The van der Waals surface area contributed by atoms with Crippen LogP contribution in [0.25, 0.3) is 11.5 Å². The number of benzene rings is 1. The zero-order valence-corrected chi connectivity index (χ0v) is 12.0. The van der Waals surface area contributed by atoms with Crippen LogP contribution in [0.3, 0.4) is 0 Å². The van der Waals surface area contributed by atoms with Crippen molar-refractivity contribution < 1.29 is 9.52 Å². The number of hydrogen-bond acceptors (Lipinski definition) is 4. The lowest BCUT2D eigenvalue weighted by Gasteiger charge is -2.08. The van der Waals surface area contributed by atoms with Crippen LogP contribution in [0.4, 0.5) is 5.69 Å². The van der Waals surface area contributed by atoms with Crippen LogP contribution in [0, 0.1) is 13.8 Å². The molecule has 2 heterocycles. The van der Waals surface area contributed by atoms with Gasteiger partial charge in [0, 0.05) is 17.8 Å². The molecule has 3 N–H and O–H groups in total. The summed E-state index contributed by atoms with van der Waals surface area (Å²) in [5.41, 5.74) is 3.70. The Bertz CT molecular complexity index is 758. The number of nitrogens with one attached hydrogen (secondary N) is 2. The van der Waals surface area contributed by atoms with Gasteiger partial charge in [-0.2, -0.15) is 5.10 Å². The van der Waals surface area contributed by atoms with Crippen molar-refractivity contribution in [2.24, 2.45) is 0 Å². The number of H-pyrrole nitrogens is 1. The van der Waals surface area contributed by atoms with E-state index >= 15 is 0 Å². The van der Waals surface area contributed by atoms with Crippen LogP contribution >= 0.6 is 0 Å². The molecule has 3 aromatic rings. The van der Waals surface area contributed by atoms with Gasteiger partial charge in [-0.05, 0) is 49.7 Å². The second-order valence-corrected chi connectivity index (χ2v) is 5.04. The van der Waals surface area contributed by atoms with Gasteiger partial charge in [0.1, 0.15) is 17.2 Å². The second-order valence-electron chi connectivity index (χ2n) is 5.04. The largest absolute Gasteiger partial charge is 0.508 e. The van der Waals surface area contributed by atoms with Crippen LogP contribution in [0.1, 0.15) is 16.9 Å². The quantitative estimate of drug-likeness (QED) is 0.639. The summed E-state index contributed by atoms with van der Waals surface area (Å²) in [6.07, 6.45) is 1.79. The number of anilines is 1. The van der Waals surface area contributed by atoms with E-state index in [0.717, 1.165) is 34.0 Å². The molecule has 0 atom stereocenters. The minimum Gasteiger partial charge on any atom is -0.508 e. The Morgan fingerprint density at radius 1 is 1.24 bits per heavy atom. The third-order valence-corrected chi connectivity index (χ3v) is 3.38. The standard InChI is InChI=1S/C16H17N3O2/c1-10-7-13(4-5-14(10)20)17-8-12-9-18-19-16(12)15-6-3-11(2)21-15/h3-7,9,17,20H,8H2,1-2H3,(H,18,19). The van der Waals surface area contributed by atoms with E-state index in [-0.39, 0.29) is 0 Å². The molecule has 0 amide bonds. The van der Waals surface area contributed by atoms with Crippen molar-refractivity contribution in [2.45, 2.75) is 20.4 Å². The van der Waals surface area contributed by atoms with Crippen LogP contribution in [-0.4, -0.2) is 15.3 Å². The Labute approximate surface area is 122 Å². The molecule has 21 heavy (non-hydrogen) atoms. The maximum absolute atomic E-state index is 9.54. The molecular formula is C16H17N3O2. The zero-order valence-electron chi connectivity index (χ0n) is 12.0. The first-order valence-electron chi connectivity index (χ1n) is 6.76. The normalized spacial score (nSPS) is 10.8. The SMILES string of the molecule is Cc1ccc(-c2[nH]ncc2CNc2ccc(O)c(C)c2)o1.